The third kappa shape index (κ3) is 12.0. The van der Waals surface area contributed by atoms with Gasteiger partial charge in [0.15, 0.2) is 0 Å². The first-order chi connectivity index (χ1) is 12.0. The Bertz CT molecular complexity index is 356. The minimum atomic E-state index is -1.74. The molecule has 0 radical (unpaired) electrons. The standard InChI is InChI=1S/C20H38O5/c1-3-5-7-9-11-13-15-20(19(23)24,17-18(21)22)25-16-14-12-10-8-6-4-2/h3-17H2,1-2H3,(H,21,22)(H,23,24)/p-2. The molecule has 0 aliphatic heterocycles. The van der Waals surface area contributed by atoms with Crippen molar-refractivity contribution in [2.24, 2.45) is 0 Å². The van der Waals surface area contributed by atoms with Crippen molar-refractivity contribution in [2.45, 2.75) is 109 Å². The monoisotopic (exact) mass is 356 g/mol. The zero-order chi connectivity index (χ0) is 19.0. The van der Waals surface area contributed by atoms with E-state index in [9.17, 15) is 19.8 Å². The molecular formula is C20H36O5-2. The van der Waals surface area contributed by atoms with E-state index in [1.54, 1.807) is 0 Å². The zero-order valence-electron chi connectivity index (χ0n) is 16.1. The molecule has 0 bridgehead atoms. The summed E-state index contributed by atoms with van der Waals surface area (Å²) >= 11 is 0. The predicted octanol–water partition coefficient (Wildman–Crippen LogP) is 2.74. The summed E-state index contributed by atoms with van der Waals surface area (Å²) in [6.45, 7) is 4.54. The lowest BCUT2D eigenvalue weighted by atomic mass is 9.91. The molecule has 0 fully saturated rings. The Hall–Kier alpha value is -1.10. The molecule has 5 heteroatoms. The molecule has 25 heavy (non-hydrogen) atoms. The van der Waals surface area contributed by atoms with Gasteiger partial charge in [-0.05, 0) is 12.8 Å². The average molecular weight is 357 g/mol. The van der Waals surface area contributed by atoms with Gasteiger partial charge in [0.05, 0.1) is 5.97 Å². The molecular weight excluding hydrogens is 320 g/mol. The van der Waals surface area contributed by atoms with E-state index >= 15 is 0 Å². The van der Waals surface area contributed by atoms with Crippen LogP contribution in [0.2, 0.25) is 0 Å². The quantitative estimate of drug-likeness (QED) is 0.352. The van der Waals surface area contributed by atoms with Crippen LogP contribution in [0.5, 0.6) is 0 Å². The molecule has 0 amide bonds. The Kier molecular flexibility index (Phi) is 14.5. The van der Waals surface area contributed by atoms with Crippen LogP contribution in [0, 0.1) is 0 Å². The normalized spacial score (nSPS) is 13.5. The number of hydrogen-bond donors (Lipinski definition) is 0. The third-order valence-electron chi connectivity index (χ3n) is 4.61. The van der Waals surface area contributed by atoms with Gasteiger partial charge in [-0.25, -0.2) is 0 Å². The van der Waals surface area contributed by atoms with Crippen LogP contribution in [0.4, 0.5) is 0 Å². The van der Waals surface area contributed by atoms with Crippen molar-refractivity contribution in [3.63, 3.8) is 0 Å². The fraction of sp³-hybridized carbons (Fsp3) is 0.900. The predicted molar refractivity (Wildman–Crippen MR) is 94.7 cm³/mol. The molecule has 0 rings (SSSR count). The zero-order valence-corrected chi connectivity index (χ0v) is 16.1. The molecule has 0 saturated heterocycles. The van der Waals surface area contributed by atoms with Crippen molar-refractivity contribution in [1.82, 2.24) is 0 Å². The van der Waals surface area contributed by atoms with E-state index in [-0.39, 0.29) is 13.0 Å². The lowest BCUT2D eigenvalue weighted by Crippen LogP contribution is -2.53. The molecule has 1 unspecified atom stereocenters. The van der Waals surface area contributed by atoms with E-state index in [2.05, 4.69) is 13.8 Å². The number of hydrogen-bond acceptors (Lipinski definition) is 5. The SMILES string of the molecule is CCCCCCCCOC(CCCCCCCC)(CC(=O)[O-])C(=O)[O-]. The topological polar surface area (TPSA) is 89.5 Å². The van der Waals surface area contributed by atoms with E-state index in [1.807, 2.05) is 0 Å². The maximum atomic E-state index is 11.6. The number of carboxylic acids is 2. The van der Waals surface area contributed by atoms with Gasteiger partial charge in [-0.1, -0.05) is 84.5 Å². The van der Waals surface area contributed by atoms with Crippen molar-refractivity contribution in [2.75, 3.05) is 6.61 Å². The Morgan fingerprint density at radius 3 is 1.72 bits per heavy atom. The Morgan fingerprint density at radius 1 is 0.760 bits per heavy atom. The number of carbonyl (C=O) groups excluding carboxylic acids is 2. The highest BCUT2D eigenvalue weighted by atomic mass is 16.5. The van der Waals surface area contributed by atoms with E-state index < -0.39 is 24.0 Å². The molecule has 0 heterocycles. The minimum absolute atomic E-state index is 0.172. The largest absolute Gasteiger partial charge is 0.550 e. The molecule has 0 spiro atoms. The molecule has 5 nitrogen and oxygen atoms in total. The van der Waals surface area contributed by atoms with Gasteiger partial charge in [-0.15, -0.1) is 0 Å². The highest BCUT2D eigenvalue weighted by Gasteiger charge is 2.32. The summed E-state index contributed by atoms with van der Waals surface area (Å²) in [5.74, 6) is -2.84. The average Bonchev–Trinajstić information content (AvgIpc) is 2.56. The van der Waals surface area contributed by atoms with Crippen molar-refractivity contribution in [3.05, 3.63) is 0 Å². The van der Waals surface area contributed by atoms with Crippen LogP contribution in [-0.4, -0.2) is 24.1 Å². The van der Waals surface area contributed by atoms with E-state index in [0.29, 0.717) is 6.42 Å². The maximum absolute atomic E-state index is 11.6. The highest BCUT2D eigenvalue weighted by molar-refractivity contribution is 5.81. The Morgan fingerprint density at radius 2 is 1.24 bits per heavy atom. The highest BCUT2D eigenvalue weighted by Crippen LogP contribution is 2.25. The Labute approximate surface area is 153 Å². The summed E-state index contributed by atoms with van der Waals surface area (Å²) in [6, 6.07) is 0. The van der Waals surface area contributed by atoms with Crippen LogP contribution in [0.3, 0.4) is 0 Å². The summed E-state index contributed by atoms with van der Waals surface area (Å²) in [7, 11) is 0. The van der Waals surface area contributed by atoms with Crippen LogP contribution in [0.25, 0.3) is 0 Å². The van der Waals surface area contributed by atoms with Crippen molar-refractivity contribution in [3.8, 4) is 0 Å². The van der Waals surface area contributed by atoms with Gasteiger partial charge in [0.1, 0.15) is 5.60 Å². The van der Waals surface area contributed by atoms with E-state index in [1.165, 1.54) is 25.7 Å². The van der Waals surface area contributed by atoms with Gasteiger partial charge in [0.25, 0.3) is 0 Å². The van der Waals surface area contributed by atoms with Crippen molar-refractivity contribution < 1.29 is 24.5 Å². The molecule has 0 N–H and O–H groups in total. The number of unbranched alkanes of at least 4 members (excludes halogenated alkanes) is 10. The summed E-state index contributed by atoms with van der Waals surface area (Å²) in [6.07, 6.45) is 11.8. The molecule has 0 aromatic heterocycles. The van der Waals surface area contributed by atoms with E-state index in [0.717, 1.165) is 44.9 Å². The first-order valence-electron chi connectivity index (χ1n) is 10.0. The molecule has 0 aliphatic carbocycles. The lowest BCUT2D eigenvalue weighted by molar-refractivity contribution is -0.337. The van der Waals surface area contributed by atoms with Gasteiger partial charge < -0.3 is 24.5 Å². The summed E-state index contributed by atoms with van der Waals surface area (Å²) in [5.41, 5.74) is -1.74. The van der Waals surface area contributed by atoms with Crippen molar-refractivity contribution >= 4 is 11.9 Å². The number of rotatable bonds is 18. The van der Waals surface area contributed by atoms with Gasteiger partial charge in [-0.3, -0.25) is 0 Å². The first kappa shape index (κ1) is 23.9. The maximum Gasteiger partial charge on any atom is 0.113 e. The summed E-state index contributed by atoms with van der Waals surface area (Å²) in [5, 5.41) is 22.6. The molecule has 0 saturated carbocycles. The van der Waals surface area contributed by atoms with Crippen LogP contribution in [-0.2, 0) is 14.3 Å². The fourth-order valence-corrected chi connectivity index (χ4v) is 3.02. The number of carbonyl (C=O) groups is 2. The summed E-state index contributed by atoms with van der Waals surface area (Å²) in [4.78, 5) is 22.6. The number of carboxylic acid groups (broad SMARTS) is 2. The van der Waals surface area contributed by atoms with Gasteiger partial charge in [0, 0.05) is 19.0 Å². The minimum Gasteiger partial charge on any atom is -0.550 e. The lowest BCUT2D eigenvalue weighted by Gasteiger charge is -2.35. The molecule has 148 valence electrons. The second kappa shape index (κ2) is 15.2. The molecule has 1 atom stereocenters. The van der Waals surface area contributed by atoms with Crippen LogP contribution in [0.1, 0.15) is 104 Å². The van der Waals surface area contributed by atoms with Crippen molar-refractivity contribution in [1.29, 1.82) is 0 Å². The van der Waals surface area contributed by atoms with Crippen LogP contribution >= 0.6 is 0 Å². The number of aliphatic carboxylic acids is 2. The molecule has 0 aromatic rings. The van der Waals surface area contributed by atoms with Gasteiger partial charge in [0.2, 0.25) is 0 Å². The fourth-order valence-electron chi connectivity index (χ4n) is 3.02. The summed E-state index contributed by atoms with van der Waals surface area (Å²) < 4.78 is 5.55. The molecule has 0 aliphatic rings. The van der Waals surface area contributed by atoms with Crippen LogP contribution in [0.15, 0.2) is 0 Å². The third-order valence-corrected chi connectivity index (χ3v) is 4.61. The smallest absolute Gasteiger partial charge is 0.113 e. The van der Waals surface area contributed by atoms with Gasteiger partial charge >= 0.3 is 0 Å². The molecule has 0 aromatic carbocycles. The number of ether oxygens (including phenoxy) is 1. The Balaban J connectivity index is 4.36. The van der Waals surface area contributed by atoms with Gasteiger partial charge in [-0.2, -0.15) is 0 Å². The van der Waals surface area contributed by atoms with Crippen LogP contribution < -0.4 is 10.2 Å². The van der Waals surface area contributed by atoms with E-state index in [4.69, 9.17) is 4.74 Å². The second-order valence-electron chi connectivity index (χ2n) is 6.96. The second-order valence-corrected chi connectivity index (χ2v) is 6.96. The first-order valence-corrected chi connectivity index (χ1v) is 10.0.